The highest BCUT2D eigenvalue weighted by Crippen LogP contribution is 2.34. The summed E-state index contributed by atoms with van der Waals surface area (Å²) in [5, 5.41) is 9.75. The van der Waals surface area contributed by atoms with E-state index in [1.807, 2.05) is 0 Å². The lowest BCUT2D eigenvalue weighted by atomic mass is 9.98. The highest BCUT2D eigenvalue weighted by molar-refractivity contribution is 7.89. The second kappa shape index (κ2) is 6.75. The van der Waals surface area contributed by atoms with E-state index in [0.29, 0.717) is 0 Å². The average Bonchev–Trinajstić information content (AvgIpc) is 2.52. The maximum Gasteiger partial charge on any atom is 0.514 e. The molecule has 0 aromatic heterocycles. The highest BCUT2D eigenvalue weighted by atomic mass is 32.2. The zero-order chi connectivity index (χ0) is 20.8. The summed E-state index contributed by atoms with van der Waals surface area (Å²) < 4.78 is 64.7. The van der Waals surface area contributed by atoms with Gasteiger partial charge in [0.05, 0.1) is 23.0 Å². The highest BCUT2D eigenvalue weighted by Gasteiger charge is 2.53. The average molecular weight is 409 g/mol. The Labute approximate surface area is 156 Å². The first kappa shape index (κ1) is 21.6. The minimum absolute atomic E-state index is 0.0336. The second-order valence-corrected chi connectivity index (χ2v) is 9.70. The zero-order valence-corrected chi connectivity index (χ0v) is 16.4. The number of alkyl halides is 3. The van der Waals surface area contributed by atoms with Crippen LogP contribution in [0.15, 0.2) is 29.2 Å². The van der Waals surface area contributed by atoms with E-state index in [1.54, 1.807) is 27.7 Å². The summed E-state index contributed by atoms with van der Waals surface area (Å²) in [5.74, 6) is 0. The van der Waals surface area contributed by atoms with Crippen molar-refractivity contribution in [3.05, 3.63) is 29.8 Å². The van der Waals surface area contributed by atoms with Gasteiger partial charge in [0.25, 0.3) is 0 Å². The van der Waals surface area contributed by atoms with E-state index in [1.165, 1.54) is 4.31 Å². The van der Waals surface area contributed by atoms with Crippen LogP contribution < -0.4 is 0 Å². The lowest BCUT2D eigenvalue weighted by Gasteiger charge is -2.50. The van der Waals surface area contributed by atoms with E-state index in [4.69, 9.17) is 0 Å². The van der Waals surface area contributed by atoms with Crippen LogP contribution in [-0.2, 0) is 16.2 Å². The van der Waals surface area contributed by atoms with E-state index in [2.05, 4.69) is 0 Å². The molecular formula is C17H24F3N2O4S+. The molecule has 2 rings (SSSR count). The minimum Gasteiger partial charge on any atom is -0.435 e. The molecule has 1 amide bonds. The van der Waals surface area contributed by atoms with Gasteiger partial charge < -0.3 is 5.11 Å². The number of hydrogen-bond acceptors (Lipinski definition) is 3. The topological polar surface area (TPSA) is 74.7 Å². The molecule has 27 heavy (non-hydrogen) atoms. The van der Waals surface area contributed by atoms with E-state index in [9.17, 15) is 31.5 Å². The van der Waals surface area contributed by atoms with Gasteiger partial charge in [-0.2, -0.15) is 22.3 Å². The molecule has 1 aromatic carbocycles. The first-order chi connectivity index (χ1) is 12.1. The number of nitrogens with zero attached hydrogens (tertiary/aromatic N) is 2. The fraction of sp³-hybridized carbons (Fsp3) is 0.588. The molecule has 0 aliphatic carbocycles. The molecule has 0 spiro atoms. The summed E-state index contributed by atoms with van der Waals surface area (Å²) >= 11 is 0. The first-order valence-electron chi connectivity index (χ1n) is 8.43. The Hall–Kier alpha value is -1.65. The minimum atomic E-state index is -4.55. The molecule has 1 N–H and O–H groups in total. The van der Waals surface area contributed by atoms with Crippen molar-refractivity contribution in [2.45, 2.75) is 50.3 Å². The van der Waals surface area contributed by atoms with Crippen molar-refractivity contribution in [1.29, 1.82) is 0 Å². The summed E-state index contributed by atoms with van der Waals surface area (Å²) in [6.45, 7) is 7.08. The van der Waals surface area contributed by atoms with Crippen molar-refractivity contribution in [2.24, 2.45) is 0 Å². The fourth-order valence-corrected chi connectivity index (χ4v) is 5.11. The molecule has 10 heteroatoms. The molecule has 1 heterocycles. The maximum absolute atomic E-state index is 12.9. The number of halogens is 3. The van der Waals surface area contributed by atoms with Crippen LogP contribution >= 0.6 is 0 Å². The smallest absolute Gasteiger partial charge is 0.435 e. The number of rotatable bonds is 2. The molecule has 1 fully saturated rings. The van der Waals surface area contributed by atoms with Gasteiger partial charge in [0.1, 0.15) is 18.6 Å². The summed E-state index contributed by atoms with van der Waals surface area (Å²) in [4.78, 5) is 11.7. The van der Waals surface area contributed by atoms with Gasteiger partial charge in [-0.25, -0.2) is 12.9 Å². The van der Waals surface area contributed by atoms with Crippen LogP contribution in [0, 0.1) is 0 Å². The van der Waals surface area contributed by atoms with E-state index < -0.39 is 39.4 Å². The molecule has 1 aliphatic heterocycles. The molecule has 6 nitrogen and oxygen atoms in total. The first-order valence-corrected chi connectivity index (χ1v) is 9.87. The van der Waals surface area contributed by atoms with Crippen LogP contribution in [0.3, 0.4) is 0 Å². The van der Waals surface area contributed by atoms with Crippen molar-refractivity contribution in [2.75, 3.05) is 19.6 Å². The molecular weight excluding hydrogens is 385 g/mol. The van der Waals surface area contributed by atoms with Crippen LogP contribution in [0.4, 0.5) is 18.0 Å². The molecule has 152 valence electrons. The number of quaternary nitrogens is 1. The Morgan fingerprint density at radius 3 is 2.07 bits per heavy atom. The van der Waals surface area contributed by atoms with Gasteiger partial charge in [0, 0.05) is 0 Å². The third-order valence-corrected chi connectivity index (χ3v) is 7.24. The van der Waals surface area contributed by atoms with Crippen molar-refractivity contribution in [1.82, 2.24) is 4.31 Å². The van der Waals surface area contributed by atoms with Gasteiger partial charge in [0.2, 0.25) is 10.0 Å². The lowest BCUT2D eigenvalue weighted by Crippen LogP contribution is -2.72. The molecule has 0 radical (unpaired) electrons. The third kappa shape index (κ3) is 3.83. The van der Waals surface area contributed by atoms with Crippen molar-refractivity contribution < 1.29 is 36.0 Å². The second-order valence-electron chi connectivity index (χ2n) is 7.81. The van der Waals surface area contributed by atoms with Crippen LogP contribution in [0.1, 0.15) is 33.3 Å². The summed E-state index contributed by atoms with van der Waals surface area (Å²) in [7, 11) is -4.03. The van der Waals surface area contributed by atoms with Gasteiger partial charge in [-0.3, -0.25) is 0 Å². The van der Waals surface area contributed by atoms with Gasteiger partial charge >= 0.3 is 12.3 Å². The van der Waals surface area contributed by atoms with Gasteiger partial charge in [-0.1, -0.05) is 0 Å². The Morgan fingerprint density at radius 2 is 1.70 bits per heavy atom. The van der Waals surface area contributed by atoms with Crippen LogP contribution in [0.25, 0.3) is 0 Å². The van der Waals surface area contributed by atoms with Gasteiger partial charge in [0.15, 0.2) is 0 Å². The molecule has 0 saturated carbocycles. The predicted molar refractivity (Wildman–Crippen MR) is 92.6 cm³/mol. The van der Waals surface area contributed by atoms with Gasteiger partial charge in [-0.15, -0.1) is 0 Å². The Morgan fingerprint density at radius 1 is 1.19 bits per heavy atom. The predicted octanol–water partition coefficient (Wildman–Crippen LogP) is 3.39. The molecule has 1 unspecified atom stereocenters. The number of hydrogen-bond donors (Lipinski definition) is 1. The molecule has 0 bridgehead atoms. The maximum atomic E-state index is 12.9. The van der Waals surface area contributed by atoms with E-state index >= 15 is 0 Å². The van der Waals surface area contributed by atoms with E-state index in [0.717, 1.165) is 24.3 Å². The monoisotopic (exact) mass is 409 g/mol. The third-order valence-electron chi connectivity index (χ3n) is 5.21. The molecule has 1 aliphatic rings. The number of sulfonamides is 1. The summed E-state index contributed by atoms with van der Waals surface area (Å²) in [6, 6.07) is 2.70. The number of benzene rings is 1. The van der Waals surface area contributed by atoms with Crippen LogP contribution in [0.5, 0.6) is 0 Å². The Kier molecular flexibility index (Phi) is 5.41. The van der Waals surface area contributed by atoms with Crippen molar-refractivity contribution in [3.63, 3.8) is 0 Å². The fourth-order valence-electron chi connectivity index (χ4n) is 3.50. The SMILES string of the molecule is C[C@@H]1C[N+](C(=O)O)(C(C)(C)C)CCN1S(=O)(=O)c1ccc(C(F)(F)F)cc1. The number of carbonyl (C=O) groups is 1. The van der Waals surface area contributed by atoms with Crippen molar-refractivity contribution >= 4 is 16.1 Å². The van der Waals surface area contributed by atoms with Crippen LogP contribution in [-0.4, -0.2) is 59.6 Å². The number of piperazine rings is 1. The van der Waals surface area contributed by atoms with Crippen molar-refractivity contribution in [3.8, 4) is 0 Å². The number of amides is 1. The molecule has 1 saturated heterocycles. The normalized spacial score (nSPS) is 25.4. The summed E-state index contributed by atoms with van der Waals surface area (Å²) in [6.07, 6.45) is -5.58. The van der Waals surface area contributed by atoms with Gasteiger partial charge in [-0.05, 0) is 52.0 Å². The zero-order valence-electron chi connectivity index (χ0n) is 15.6. The Balaban J connectivity index is 2.33. The Bertz CT molecular complexity index is 816. The van der Waals surface area contributed by atoms with E-state index in [-0.39, 0.29) is 29.0 Å². The van der Waals surface area contributed by atoms with Crippen LogP contribution in [0.2, 0.25) is 0 Å². The molecule has 1 aromatic rings. The standard InChI is InChI=1S/C17H23F3N2O4S/c1-12-11-22(15(23)24,16(2,3)4)10-9-21(12)27(25,26)14-7-5-13(6-8-14)17(18,19)20/h5-8,12H,9-11H2,1-4H3/p+1/t12-,22?/m1/s1. The molecule has 2 atom stereocenters. The lowest BCUT2D eigenvalue weighted by molar-refractivity contribution is -0.909. The largest absolute Gasteiger partial charge is 0.514 e. The quantitative estimate of drug-likeness (QED) is 0.760. The number of carboxylic acid groups (broad SMARTS) is 1. The summed E-state index contributed by atoms with van der Waals surface area (Å²) in [5.41, 5.74) is -1.56.